The predicted molar refractivity (Wildman–Crippen MR) is 314 cm³/mol. The van der Waals surface area contributed by atoms with Crippen LogP contribution in [0.4, 0.5) is 68.2 Å². The first-order chi connectivity index (χ1) is 38.2. The minimum absolute atomic E-state index is 0. The summed E-state index contributed by atoms with van der Waals surface area (Å²) in [7, 11) is 0. The van der Waals surface area contributed by atoms with E-state index in [4.69, 9.17) is 0 Å². The third kappa shape index (κ3) is 16.2. The standard InChI is InChI=1S/C73H48N4.8W/c1-9-25-61(26-10-1)74(62-27-11-2-12-28-62)69-49-41-57(42-50-69)73(58-43-51-70(52-44-58)75(63-29-13-3-14-30-63)64-31-15-4-16-32-64,59-45-53-71(54-46-59)76(65-33-17-5-18-34-65)66-35-19-6-20-36-66)60-47-55-72(56-48-60)77(67-37-21-7-22-38-67)68-39-23-8-24-40-68;;;;;;;;/h9-56H;;;;;;;;/q-8;;;;;;;;. The molecule has 0 aliphatic carbocycles. The van der Waals surface area contributed by atoms with E-state index in [0.717, 1.165) is 90.5 Å². The van der Waals surface area contributed by atoms with Crippen molar-refractivity contribution in [1.82, 2.24) is 0 Å². The van der Waals surface area contributed by atoms with Gasteiger partial charge < -0.3 is 19.6 Å². The Balaban J connectivity index is 0.00000194. The van der Waals surface area contributed by atoms with Crippen LogP contribution >= 0.6 is 0 Å². The first-order valence-corrected chi connectivity index (χ1v) is 25.5. The molecular weight excluding hydrogens is 2400 g/mol. The number of benzene rings is 12. The number of hydrogen-bond acceptors (Lipinski definition) is 4. The van der Waals surface area contributed by atoms with Gasteiger partial charge in [-0.2, -0.15) is 146 Å². The smallest absolute Gasteiger partial charge is 0.0701 e. The van der Waals surface area contributed by atoms with Crippen LogP contribution in [0.2, 0.25) is 0 Å². The zero-order valence-electron chi connectivity index (χ0n) is 45.3. The summed E-state index contributed by atoms with van der Waals surface area (Å²) >= 11 is 0. The molecule has 0 unspecified atom stereocenters. The molecule has 12 aromatic carbocycles. The van der Waals surface area contributed by atoms with E-state index in [1.54, 1.807) is 0 Å². The maximum Gasteiger partial charge on any atom is 0.0701 e. The van der Waals surface area contributed by atoms with E-state index in [2.05, 4.69) is 262 Å². The van der Waals surface area contributed by atoms with E-state index >= 15 is 0 Å². The van der Waals surface area contributed by atoms with Crippen LogP contribution in [0.5, 0.6) is 0 Å². The molecule has 0 saturated carbocycles. The molecule has 0 bridgehead atoms. The predicted octanol–water partition coefficient (Wildman–Crippen LogP) is 18.3. The summed E-state index contributed by atoms with van der Waals surface area (Å²) in [5, 5.41) is 0. The summed E-state index contributed by atoms with van der Waals surface area (Å²) in [4.78, 5) is 9.10. The van der Waals surface area contributed by atoms with Gasteiger partial charge in [0.1, 0.15) is 0 Å². The maximum atomic E-state index is 3.21. The Bertz CT molecular complexity index is 3100. The van der Waals surface area contributed by atoms with Crippen molar-refractivity contribution in [3.63, 3.8) is 0 Å². The van der Waals surface area contributed by atoms with Gasteiger partial charge in [0.15, 0.2) is 0 Å². The van der Waals surface area contributed by atoms with Gasteiger partial charge in [-0.05, 0) is 70.8 Å². The summed E-state index contributed by atoms with van der Waals surface area (Å²) < 4.78 is 0. The molecule has 0 saturated heterocycles. The average molecular weight is 2450 g/mol. The minimum atomic E-state index is -0.862. The summed E-state index contributed by atoms with van der Waals surface area (Å²) in [6.45, 7) is 0. The molecule has 0 aliphatic heterocycles. The topological polar surface area (TPSA) is 13.0 Å². The van der Waals surface area contributed by atoms with Crippen molar-refractivity contribution in [2.24, 2.45) is 0 Å². The van der Waals surface area contributed by atoms with Crippen LogP contribution in [0.15, 0.2) is 291 Å². The van der Waals surface area contributed by atoms with E-state index in [1.807, 2.05) is 97.1 Å². The molecule has 4 nitrogen and oxygen atoms in total. The van der Waals surface area contributed by atoms with E-state index in [9.17, 15) is 0 Å². The monoisotopic (exact) mass is 2450 g/mol. The summed E-state index contributed by atoms with van der Waals surface area (Å²) in [5.41, 5.74) is 15.8. The molecule has 0 atom stereocenters. The van der Waals surface area contributed by atoms with Crippen LogP contribution in [-0.2, 0) is 174 Å². The number of anilines is 12. The molecule has 416 valence electrons. The van der Waals surface area contributed by atoms with Gasteiger partial charge in [-0.1, -0.05) is 94.0 Å². The summed E-state index contributed by atoms with van der Waals surface area (Å²) in [5.74, 6) is 0. The van der Waals surface area contributed by atoms with Gasteiger partial charge in [-0.15, -0.1) is 97.1 Å². The SMILES string of the molecule is [W].[W].[W].[W].[W].[W].[W].[W].[c-]1ccc(N(c2cc[c-]cc2)c2ccc(C(c3ccc(N(c4cc[c-]cc4)c4cc[c-]cc4)cc3)(c3ccc(N(c4cc[c-]cc4)c4cc[c-]cc4)cc3)c3ccc(N(c4cc[c-]cc4)c4cc[c-]cc4)cc3)cc2)cc1. The zero-order valence-corrected chi connectivity index (χ0v) is 68.7. The van der Waals surface area contributed by atoms with Crippen molar-refractivity contribution in [2.45, 2.75) is 5.41 Å². The van der Waals surface area contributed by atoms with Crippen LogP contribution in [0.25, 0.3) is 0 Å². The second kappa shape index (κ2) is 35.4. The Morgan fingerprint density at radius 1 is 0.153 bits per heavy atom. The van der Waals surface area contributed by atoms with Crippen molar-refractivity contribution in [1.29, 1.82) is 0 Å². The zero-order chi connectivity index (χ0) is 51.6. The Kier molecular flexibility index (Phi) is 30.3. The normalized spacial score (nSPS) is 10.1. The van der Waals surface area contributed by atoms with Gasteiger partial charge in [0.05, 0.1) is 5.41 Å². The molecule has 12 heteroatoms. The van der Waals surface area contributed by atoms with Gasteiger partial charge >= 0.3 is 0 Å². The van der Waals surface area contributed by atoms with Crippen LogP contribution in [0, 0.1) is 48.5 Å². The summed E-state index contributed by atoms with van der Waals surface area (Å²) in [6.07, 6.45) is 0. The van der Waals surface area contributed by atoms with Crippen LogP contribution in [0.3, 0.4) is 0 Å². The number of nitrogens with zero attached hydrogens (tertiary/aromatic N) is 4. The van der Waals surface area contributed by atoms with Crippen molar-refractivity contribution < 1.29 is 169 Å². The largest absolute Gasteiger partial charge is 0.358 e. The Morgan fingerprint density at radius 3 is 0.376 bits per heavy atom. The Hall–Kier alpha value is -4.65. The fourth-order valence-electron chi connectivity index (χ4n) is 10.4. The summed E-state index contributed by atoms with van der Waals surface area (Å²) in [6, 6.07) is 127. The van der Waals surface area contributed by atoms with Crippen LogP contribution in [0.1, 0.15) is 22.3 Å². The van der Waals surface area contributed by atoms with Gasteiger partial charge in [-0.25, -0.2) is 0 Å². The molecule has 0 aromatic heterocycles. The Labute approximate surface area is 616 Å². The molecule has 0 heterocycles. The number of rotatable bonds is 16. The molecule has 12 rings (SSSR count). The fourth-order valence-corrected chi connectivity index (χ4v) is 10.4. The van der Waals surface area contributed by atoms with E-state index in [0.29, 0.717) is 0 Å². The molecule has 12 aromatic rings. The quantitative estimate of drug-likeness (QED) is 0.0706. The van der Waals surface area contributed by atoms with Gasteiger partial charge in [0.25, 0.3) is 0 Å². The van der Waals surface area contributed by atoms with Crippen molar-refractivity contribution >= 4 is 68.2 Å². The molecule has 0 amide bonds. The molecule has 0 fully saturated rings. The molecule has 0 radical (unpaired) electrons. The van der Waals surface area contributed by atoms with Gasteiger partial charge in [0.2, 0.25) is 0 Å². The Morgan fingerprint density at radius 2 is 0.259 bits per heavy atom. The first-order valence-electron chi connectivity index (χ1n) is 25.5. The second-order valence-electron chi connectivity index (χ2n) is 18.3. The van der Waals surface area contributed by atoms with Crippen LogP contribution < -0.4 is 19.6 Å². The van der Waals surface area contributed by atoms with E-state index in [-0.39, 0.29) is 169 Å². The molecule has 85 heavy (non-hydrogen) atoms. The van der Waals surface area contributed by atoms with Crippen molar-refractivity contribution in [2.75, 3.05) is 19.6 Å². The third-order valence-corrected chi connectivity index (χ3v) is 13.9. The van der Waals surface area contributed by atoms with Crippen LogP contribution in [-0.4, -0.2) is 0 Å². The molecule has 0 N–H and O–H groups in total. The molecular formula is C73H48N4W8-8. The van der Waals surface area contributed by atoms with Gasteiger partial charge in [0, 0.05) is 191 Å². The average Bonchev–Trinajstić information content (AvgIpc) is 3.61. The van der Waals surface area contributed by atoms with Crippen molar-refractivity contribution in [3.8, 4) is 0 Å². The first kappa shape index (κ1) is 72.8. The third-order valence-electron chi connectivity index (χ3n) is 13.9. The van der Waals surface area contributed by atoms with E-state index in [1.165, 1.54) is 0 Å². The van der Waals surface area contributed by atoms with E-state index < -0.39 is 5.41 Å². The minimum Gasteiger partial charge on any atom is -0.358 e. The van der Waals surface area contributed by atoms with Crippen molar-refractivity contribution in [3.05, 3.63) is 362 Å². The second-order valence-corrected chi connectivity index (χ2v) is 18.3. The molecule has 0 aliphatic rings. The fraction of sp³-hybridized carbons (Fsp3) is 0.0137. The number of hydrogen-bond donors (Lipinski definition) is 0. The maximum absolute atomic E-state index is 3.21. The molecule has 0 spiro atoms. The van der Waals surface area contributed by atoms with Gasteiger partial charge in [-0.3, -0.25) is 0 Å².